The minimum absolute atomic E-state index is 0.553. The zero-order chi connectivity index (χ0) is 19.6. The first-order chi connectivity index (χ1) is 14.3. The molecule has 140 valence electrons. The van der Waals surface area contributed by atoms with E-state index in [1.54, 1.807) is 0 Å². The number of aliphatic hydroxyl groups excluding tert-OH is 1. The van der Waals surface area contributed by atoms with Crippen LogP contribution in [0.2, 0.25) is 0 Å². The van der Waals surface area contributed by atoms with E-state index in [0.717, 1.165) is 38.8 Å². The van der Waals surface area contributed by atoms with Gasteiger partial charge in [0.2, 0.25) is 0 Å². The number of hydrogen-bond donors (Lipinski definition) is 1. The van der Waals surface area contributed by atoms with Gasteiger partial charge in [-0.25, -0.2) is 0 Å². The molecule has 2 heteroatoms. The highest BCUT2D eigenvalue weighted by atomic mass is 16.4. The molecule has 1 atom stereocenters. The molecule has 4 aromatic carbocycles. The van der Waals surface area contributed by atoms with Crippen LogP contribution < -0.4 is 0 Å². The maximum Gasteiger partial charge on any atom is 0.138 e. The van der Waals surface area contributed by atoms with Crippen LogP contribution in [-0.2, 0) is 0 Å². The summed E-state index contributed by atoms with van der Waals surface area (Å²) < 4.78 is 5.94. The summed E-state index contributed by atoms with van der Waals surface area (Å²) in [5, 5.41) is 11.8. The molecule has 1 N–H and O–H groups in total. The second-order valence-corrected chi connectivity index (χ2v) is 7.16. The fourth-order valence-electron chi connectivity index (χ4n) is 3.66. The van der Waals surface area contributed by atoms with Gasteiger partial charge in [-0.05, 0) is 46.0 Å². The van der Waals surface area contributed by atoms with Gasteiger partial charge in [-0.15, -0.1) is 0 Å². The Morgan fingerprint density at radius 1 is 0.552 bits per heavy atom. The van der Waals surface area contributed by atoms with Gasteiger partial charge in [0, 0.05) is 5.39 Å². The van der Waals surface area contributed by atoms with Crippen molar-refractivity contribution in [3.8, 4) is 22.3 Å². The average molecular weight is 376 g/mol. The lowest BCUT2D eigenvalue weighted by Crippen LogP contribution is -1.97. The van der Waals surface area contributed by atoms with Crippen LogP contribution in [0.3, 0.4) is 0 Å². The van der Waals surface area contributed by atoms with E-state index in [0.29, 0.717) is 5.76 Å². The van der Waals surface area contributed by atoms with E-state index < -0.39 is 6.10 Å². The van der Waals surface area contributed by atoms with Crippen LogP contribution in [0.25, 0.3) is 33.2 Å². The third-order valence-electron chi connectivity index (χ3n) is 5.25. The van der Waals surface area contributed by atoms with Crippen molar-refractivity contribution in [3.63, 3.8) is 0 Å². The minimum atomic E-state index is -0.799. The summed E-state index contributed by atoms with van der Waals surface area (Å²) in [6, 6.07) is 36.5. The molecule has 5 aromatic rings. The van der Waals surface area contributed by atoms with E-state index in [9.17, 15) is 5.11 Å². The number of fused-ring (bicyclic) bond motifs is 1. The Hall–Kier alpha value is -3.62. The predicted octanol–water partition coefficient (Wildman–Crippen LogP) is 6.85. The van der Waals surface area contributed by atoms with Gasteiger partial charge in [-0.3, -0.25) is 0 Å². The summed E-state index contributed by atoms with van der Waals surface area (Å²) in [5.74, 6) is 0.553. The zero-order valence-corrected chi connectivity index (χ0v) is 15.8. The molecule has 1 aromatic heterocycles. The first kappa shape index (κ1) is 17.5. The molecule has 5 rings (SSSR count). The predicted molar refractivity (Wildman–Crippen MR) is 118 cm³/mol. The van der Waals surface area contributed by atoms with Gasteiger partial charge in [0.05, 0.1) is 0 Å². The Labute approximate surface area is 169 Å². The fraction of sp³-hybridized carbons (Fsp3) is 0.0370. The normalized spacial score (nSPS) is 12.2. The SMILES string of the molecule is OC(c1ccc(-c2ccccc2)cc1)c1cc2cc(-c3ccccc3)ccc2o1. The summed E-state index contributed by atoms with van der Waals surface area (Å²) in [4.78, 5) is 0. The molecule has 0 fully saturated rings. The molecule has 0 aliphatic rings. The Morgan fingerprint density at radius 2 is 1.10 bits per heavy atom. The monoisotopic (exact) mass is 376 g/mol. The molecule has 0 aliphatic carbocycles. The van der Waals surface area contributed by atoms with Crippen LogP contribution in [0.5, 0.6) is 0 Å². The van der Waals surface area contributed by atoms with Crippen molar-refractivity contribution in [2.24, 2.45) is 0 Å². The minimum Gasteiger partial charge on any atom is -0.458 e. The third-order valence-corrected chi connectivity index (χ3v) is 5.25. The van der Waals surface area contributed by atoms with Crippen LogP contribution in [0.4, 0.5) is 0 Å². The van der Waals surface area contributed by atoms with E-state index in [-0.39, 0.29) is 0 Å². The summed E-state index contributed by atoms with van der Waals surface area (Å²) in [5.41, 5.74) is 6.16. The number of hydrogen-bond acceptors (Lipinski definition) is 2. The van der Waals surface area contributed by atoms with Gasteiger partial charge in [-0.2, -0.15) is 0 Å². The highest BCUT2D eigenvalue weighted by Crippen LogP contribution is 2.32. The molecule has 0 amide bonds. The number of rotatable bonds is 4. The molecular weight excluding hydrogens is 356 g/mol. The number of benzene rings is 4. The second-order valence-electron chi connectivity index (χ2n) is 7.16. The van der Waals surface area contributed by atoms with Crippen LogP contribution in [0.1, 0.15) is 17.4 Å². The topological polar surface area (TPSA) is 33.4 Å². The second kappa shape index (κ2) is 7.42. The van der Waals surface area contributed by atoms with E-state index in [1.807, 2.05) is 78.9 Å². The summed E-state index contributed by atoms with van der Waals surface area (Å²) in [7, 11) is 0. The maximum absolute atomic E-state index is 10.8. The number of aliphatic hydroxyl groups is 1. The quantitative estimate of drug-likeness (QED) is 0.372. The van der Waals surface area contributed by atoms with Crippen molar-refractivity contribution < 1.29 is 9.52 Å². The smallest absolute Gasteiger partial charge is 0.138 e. The van der Waals surface area contributed by atoms with Crippen molar-refractivity contribution in [3.05, 3.63) is 121 Å². The molecule has 1 heterocycles. The average Bonchev–Trinajstić information content (AvgIpc) is 3.23. The van der Waals surface area contributed by atoms with Crippen molar-refractivity contribution in [1.29, 1.82) is 0 Å². The molecular formula is C27H20O2. The van der Waals surface area contributed by atoms with E-state index in [1.165, 1.54) is 0 Å². The van der Waals surface area contributed by atoms with Crippen LogP contribution in [-0.4, -0.2) is 5.11 Å². The molecule has 0 saturated heterocycles. The third kappa shape index (κ3) is 3.46. The molecule has 0 spiro atoms. The standard InChI is InChI=1S/C27H20O2/c28-27(22-13-11-21(12-14-22)19-7-3-1-4-8-19)26-18-24-17-23(15-16-25(24)29-26)20-9-5-2-6-10-20/h1-18,27-28H. The molecule has 0 radical (unpaired) electrons. The fourth-order valence-corrected chi connectivity index (χ4v) is 3.66. The Bertz CT molecular complexity index is 1240. The van der Waals surface area contributed by atoms with Crippen molar-refractivity contribution in [2.45, 2.75) is 6.10 Å². The summed E-state index contributed by atoms with van der Waals surface area (Å²) in [6.07, 6.45) is -0.799. The van der Waals surface area contributed by atoms with E-state index >= 15 is 0 Å². The van der Waals surface area contributed by atoms with Crippen LogP contribution in [0, 0.1) is 0 Å². The lowest BCUT2D eigenvalue weighted by atomic mass is 10.0. The van der Waals surface area contributed by atoms with Gasteiger partial charge in [-0.1, -0.05) is 91.0 Å². The Balaban J connectivity index is 1.44. The Morgan fingerprint density at radius 3 is 1.76 bits per heavy atom. The van der Waals surface area contributed by atoms with Crippen molar-refractivity contribution in [1.82, 2.24) is 0 Å². The largest absolute Gasteiger partial charge is 0.458 e. The van der Waals surface area contributed by atoms with E-state index in [4.69, 9.17) is 4.42 Å². The van der Waals surface area contributed by atoms with Gasteiger partial charge in [0.25, 0.3) is 0 Å². The summed E-state index contributed by atoms with van der Waals surface area (Å²) >= 11 is 0. The molecule has 0 bridgehead atoms. The lowest BCUT2D eigenvalue weighted by molar-refractivity contribution is 0.192. The first-order valence-electron chi connectivity index (χ1n) is 9.70. The van der Waals surface area contributed by atoms with Gasteiger partial charge < -0.3 is 9.52 Å². The van der Waals surface area contributed by atoms with Gasteiger partial charge in [0.1, 0.15) is 17.4 Å². The van der Waals surface area contributed by atoms with Crippen molar-refractivity contribution in [2.75, 3.05) is 0 Å². The van der Waals surface area contributed by atoms with E-state index in [2.05, 4.69) is 30.3 Å². The molecule has 1 unspecified atom stereocenters. The van der Waals surface area contributed by atoms with Crippen LogP contribution in [0.15, 0.2) is 114 Å². The molecule has 0 aliphatic heterocycles. The maximum atomic E-state index is 10.8. The number of furan rings is 1. The highest BCUT2D eigenvalue weighted by molar-refractivity contribution is 5.84. The van der Waals surface area contributed by atoms with Gasteiger partial charge >= 0.3 is 0 Å². The Kier molecular flexibility index (Phi) is 4.47. The summed E-state index contributed by atoms with van der Waals surface area (Å²) in [6.45, 7) is 0. The molecule has 0 saturated carbocycles. The van der Waals surface area contributed by atoms with Crippen LogP contribution >= 0.6 is 0 Å². The lowest BCUT2D eigenvalue weighted by Gasteiger charge is -2.09. The first-order valence-corrected chi connectivity index (χ1v) is 9.70. The zero-order valence-electron chi connectivity index (χ0n) is 15.8. The van der Waals surface area contributed by atoms with Crippen molar-refractivity contribution >= 4 is 11.0 Å². The highest BCUT2D eigenvalue weighted by Gasteiger charge is 2.16. The molecule has 29 heavy (non-hydrogen) atoms. The molecule has 2 nitrogen and oxygen atoms in total. The van der Waals surface area contributed by atoms with Gasteiger partial charge in [0.15, 0.2) is 0 Å².